The number of hydrogen-bond donors (Lipinski definition) is 6. The fourth-order valence-electron chi connectivity index (χ4n) is 12.1. The van der Waals surface area contributed by atoms with Crippen LogP contribution in [0, 0.1) is 23.7 Å². The van der Waals surface area contributed by atoms with Gasteiger partial charge in [-0.2, -0.15) is 0 Å². The van der Waals surface area contributed by atoms with Crippen LogP contribution in [0.25, 0.3) is 0 Å². The molecule has 2 aromatic carbocycles. The molecule has 390 valence electrons. The van der Waals surface area contributed by atoms with Gasteiger partial charge in [0.05, 0.1) is 36.4 Å². The summed E-state index contributed by atoms with van der Waals surface area (Å²) < 4.78 is 12.8. The second kappa shape index (κ2) is 25.1. The maximum atomic E-state index is 14.4. The van der Waals surface area contributed by atoms with Crippen LogP contribution < -0.4 is 31.9 Å². The first-order chi connectivity index (χ1) is 35.0. The lowest BCUT2D eigenvalue weighted by Gasteiger charge is -2.35. The second-order valence-corrected chi connectivity index (χ2v) is 21.0. The lowest BCUT2D eigenvalue weighted by atomic mass is 9.83. The molecule has 0 aromatic heterocycles. The molecule has 0 spiro atoms. The number of carbonyl (C=O) groups excluding carboxylic acids is 6. The molecule has 16 heteroatoms. The number of ether oxygens (including phenoxy) is 2. The quantitative estimate of drug-likeness (QED) is 0.119. The van der Waals surface area contributed by atoms with E-state index in [1.807, 2.05) is 48.5 Å². The van der Waals surface area contributed by atoms with Crippen molar-refractivity contribution in [2.75, 3.05) is 40.4 Å². The lowest BCUT2D eigenvalue weighted by molar-refractivity contribution is -0.143. The molecule has 0 radical (unpaired) electrons. The fourth-order valence-corrected chi connectivity index (χ4v) is 12.1. The van der Waals surface area contributed by atoms with Crippen LogP contribution in [-0.2, 0) is 51.1 Å². The van der Waals surface area contributed by atoms with Gasteiger partial charge in [-0.05, 0) is 113 Å². The van der Waals surface area contributed by atoms with E-state index in [-0.39, 0.29) is 72.7 Å². The fraction of sp³-hybridized carbons (Fsp3) is 0.643. The zero-order valence-corrected chi connectivity index (χ0v) is 42.8. The van der Waals surface area contributed by atoms with Crippen molar-refractivity contribution in [2.45, 2.75) is 177 Å². The van der Waals surface area contributed by atoms with Crippen LogP contribution in [0.2, 0.25) is 0 Å². The maximum Gasteiger partial charge on any atom is 0.246 e. The number of likely N-dealkylation sites (N-methyl/N-ethyl adjacent to an activating group) is 2. The van der Waals surface area contributed by atoms with Gasteiger partial charge in [-0.25, -0.2) is 0 Å². The van der Waals surface area contributed by atoms with Crippen LogP contribution >= 0.6 is 0 Å². The van der Waals surface area contributed by atoms with E-state index in [1.165, 1.54) is 0 Å². The molecule has 2 saturated carbocycles. The molecule has 0 bridgehead atoms. The number of hydrogen-bond acceptors (Lipinski definition) is 10. The minimum atomic E-state index is -0.680. The van der Waals surface area contributed by atoms with E-state index in [4.69, 9.17) is 9.47 Å². The molecule has 16 nitrogen and oxygen atoms in total. The predicted molar refractivity (Wildman–Crippen MR) is 273 cm³/mol. The van der Waals surface area contributed by atoms with E-state index in [1.54, 1.807) is 37.7 Å². The standard InChI is InChI=1S/C56H78N8O8/c1-35(57-3)51(65)59-47(37-19-7-5-8-20-37)55(69)63-29-17-27-43(63)53(67)61-49-41-25-13-11-23-39(41)33-45(49)71-31-15-16-32-72-46-34-40-24-12-14-26-42(40)50(46)62-54(68)44-28-18-30-64(44)56(70)48(38-21-9-6-10-22-38)60-52(66)36(2)58-4/h11-14,23-26,35-38,43-50,57-58H,5-10,17-22,27-34H2,1-4H3,(H,59,65)(H,60,66)(H,61,67)(H,62,68)/t35-,36-,43-,44-,45+,46+,47?,48?,49-,50-/m0/s1. The molecule has 10 atom stereocenters. The number of nitrogens with zero attached hydrogens (tertiary/aromatic N) is 2. The first-order valence-electron chi connectivity index (χ1n) is 27.0. The van der Waals surface area contributed by atoms with Crippen molar-refractivity contribution in [3.05, 3.63) is 70.8 Å². The molecule has 2 unspecified atom stereocenters. The Bertz CT molecular complexity index is 2150. The summed E-state index contributed by atoms with van der Waals surface area (Å²) in [5.74, 6) is 5.02. The number of amides is 6. The van der Waals surface area contributed by atoms with Gasteiger partial charge < -0.3 is 51.2 Å². The van der Waals surface area contributed by atoms with Crippen molar-refractivity contribution in [1.29, 1.82) is 0 Å². The van der Waals surface area contributed by atoms with E-state index in [0.29, 0.717) is 51.6 Å². The van der Waals surface area contributed by atoms with Gasteiger partial charge in [0.15, 0.2) is 0 Å². The third kappa shape index (κ3) is 12.4. The maximum absolute atomic E-state index is 14.4. The largest absolute Gasteiger partial charge is 0.363 e. The Kier molecular flexibility index (Phi) is 18.4. The molecule has 8 rings (SSSR count). The number of nitrogens with one attached hydrogen (secondary N) is 6. The molecular weight excluding hydrogens is 913 g/mol. The van der Waals surface area contributed by atoms with Crippen LogP contribution in [0.15, 0.2) is 48.5 Å². The van der Waals surface area contributed by atoms with Crippen LogP contribution in [0.4, 0.5) is 0 Å². The van der Waals surface area contributed by atoms with Crippen LogP contribution in [0.5, 0.6) is 0 Å². The topological polar surface area (TPSA) is 200 Å². The molecule has 6 amide bonds. The zero-order valence-electron chi connectivity index (χ0n) is 42.8. The Morgan fingerprint density at radius 1 is 0.556 bits per heavy atom. The van der Waals surface area contributed by atoms with Gasteiger partial charge in [0.1, 0.15) is 37.4 Å². The molecule has 4 fully saturated rings. The van der Waals surface area contributed by atoms with Gasteiger partial charge in [-0.3, -0.25) is 28.8 Å². The van der Waals surface area contributed by atoms with Gasteiger partial charge in [0.2, 0.25) is 35.4 Å². The average molecular weight is 991 g/mol. The SMILES string of the molecule is CN[C@@H](C)C(=O)NC(C(=O)N1CCC[C@H]1C(=O)N[C@H]1c2ccccc2C[C@H]1OCC#CCO[C@@H]1Cc2ccccc2[C@@H]1NC(=O)[C@@H]1CCCN1C(=O)C(NC(=O)[C@H](C)NC)C1CCCCC1)C1CCCCC1. The lowest BCUT2D eigenvalue weighted by Crippen LogP contribution is -2.58. The molecule has 2 aliphatic heterocycles. The van der Waals surface area contributed by atoms with Gasteiger partial charge in [0.25, 0.3) is 0 Å². The Morgan fingerprint density at radius 3 is 1.33 bits per heavy atom. The summed E-state index contributed by atoms with van der Waals surface area (Å²) in [6, 6.07) is 11.5. The van der Waals surface area contributed by atoms with Gasteiger partial charge in [0, 0.05) is 25.9 Å². The average Bonchev–Trinajstić information content (AvgIpc) is 4.24. The molecule has 6 aliphatic rings. The van der Waals surface area contributed by atoms with Crippen molar-refractivity contribution in [2.24, 2.45) is 11.8 Å². The highest BCUT2D eigenvalue weighted by Crippen LogP contribution is 2.37. The summed E-state index contributed by atoms with van der Waals surface area (Å²) in [7, 11) is 3.44. The van der Waals surface area contributed by atoms with E-state index >= 15 is 0 Å². The number of benzene rings is 2. The van der Waals surface area contributed by atoms with Gasteiger partial charge in [-0.15, -0.1) is 0 Å². The van der Waals surface area contributed by atoms with Gasteiger partial charge >= 0.3 is 0 Å². The molecule has 4 aliphatic carbocycles. The highest BCUT2D eigenvalue weighted by Gasteiger charge is 2.45. The van der Waals surface area contributed by atoms with E-state index < -0.39 is 48.3 Å². The summed E-state index contributed by atoms with van der Waals surface area (Å²) in [6.07, 6.45) is 12.6. The van der Waals surface area contributed by atoms with Crippen molar-refractivity contribution >= 4 is 35.4 Å². The van der Waals surface area contributed by atoms with E-state index in [0.717, 1.165) is 86.5 Å². The number of likely N-dealkylation sites (tertiary alicyclic amines) is 2. The predicted octanol–water partition coefficient (Wildman–Crippen LogP) is 3.92. The first kappa shape index (κ1) is 53.0. The van der Waals surface area contributed by atoms with Crippen molar-refractivity contribution in [3.8, 4) is 11.8 Å². The smallest absolute Gasteiger partial charge is 0.246 e. The second-order valence-electron chi connectivity index (χ2n) is 21.0. The number of rotatable bonds is 18. The van der Waals surface area contributed by atoms with Crippen LogP contribution in [-0.4, -0.2) is 134 Å². The van der Waals surface area contributed by atoms with Crippen molar-refractivity contribution < 1.29 is 38.2 Å². The zero-order chi connectivity index (χ0) is 50.7. The molecule has 72 heavy (non-hydrogen) atoms. The van der Waals surface area contributed by atoms with Crippen molar-refractivity contribution in [3.63, 3.8) is 0 Å². The third-order valence-corrected chi connectivity index (χ3v) is 16.5. The number of fused-ring (bicyclic) bond motifs is 2. The minimum absolute atomic E-state index is 0.0255. The summed E-state index contributed by atoms with van der Waals surface area (Å²) in [5.41, 5.74) is 4.11. The number of carbonyl (C=O) groups is 6. The summed E-state index contributed by atoms with van der Waals surface area (Å²) in [5, 5.41) is 18.6. The molecule has 2 heterocycles. The Morgan fingerprint density at radius 2 is 0.944 bits per heavy atom. The molecule has 2 aromatic rings. The first-order valence-corrected chi connectivity index (χ1v) is 27.0. The van der Waals surface area contributed by atoms with Crippen LogP contribution in [0.3, 0.4) is 0 Å². The molecule has 6 N–H and O–H groups in total. The Hall–Kier alpha value is -5.34. The molecule has 2 saturated heterocycles. The third-order valence-electron chi connectivity index (χ3n) is 16.5. The highest BCUT2D eigenvalue weighted by molar-refractivity contribution is 5.95. The summed E-state index contributed by atoms with van der Waals surface area (Å²) in [6.45, 7) is 4.66. The monoisotopic (exact) mass is 991 g/mol. The minimum Gasteiger partial charge on any atom is -0.363 e. The van der Waals surface area contributed by atoms with Crippen LogP contribution in [0.1, 0.15) is 138 Å². The normalized spacial score (nSPS) is 25.8. The van der Waals surface area contributed by atoms with Gasteiger partial charge in [-0.1, -0.05) is 98.9 Å². The molecular formula is C56H78N8O8. The summed E-state index contributed by atoms with van der Waals surface area (Å²) in [4.78, 5) is 86.9. The van der Waals surface area contributed by atoms with E-state index in [9.17, 15) is 28.8 Å². The van der Waals surface area contributed by atoms with Crippen molar-refractivity contribution in [1.82, 2.24) is 41.7 Å². The Labute approximate surface area is 426 Å². The Balaban J connectivity index is 0.877. The highest BCUT2D eigenvalue weighted by atomic mass is 16.5. The van der Waals surface area contributed by atoms with E-state index in [2.05, 4.69) is 43.7 Å². The summed E-state index contributed by atoms with van der Waals surface area (Å²) >= 11 is 0.